The molecular formula is C14H11Cl2Hf-3. The minimum atomic E-state index is 0. The van der Waals surface area contributed by atoms with Gasteiger partial charge in [0.2, 0.25) is 0 Å². The van der Waals surface area contributed by atoms with Crippen LogP contribution in [0.5, 0.6) is 0 Å². The number of aryl methyl sites for hydroxylation is 1. The Hall–Kier alpha value is -0.110. The van der Waals surface area contributed by atoms with Gasteiger partial charge in [0.1, 0.15) is 0 Å². The van der Waals surface area contributed by atoms with Crippen LogP contribution in [0.2, 0.25) is 0 Å². The van der Waals surface area contributed by atoms with E-state index < -0.39 is 0 Å². The molecule has 0 saturated heterocycles. The predicted molar refractivity (Wildman–Crippen MR) is 58.1 cm³/mol. The van der Waals surface area contributed by atoms with E-state index in [2.05, 4.69) is 55.5 Å². The fourth-order valence-corrected chi connectivity index (χ4v) is 2.14. The summed E-state index contributed by atoms with van der Waals surface area (Å²) in [7, 11) is 0. The summed E-state index contributed by atoms with van der Waals surface area (Å²) in [6.07, 6.45) is 12.0. The predicted octanol–water partition coefficient (Wildman–Crippen LogP) is -2.70. The van der Waals surface area contributed by atoms with Crippen molar-refractivity contribution in [1.29, 1.82) is 0 Å². The molecule has 0 spiro atoms. The molecule has 1 atom stereocenters. The van der Waals surface area contributed by atoms with Gasteiger partial charge in [-0.1, -0.05) is 23.8 Å². The molecule has 3 heteroatoms. The van der Waals surface area contributed by atoms with Crippen molar-refractivity contribution in [3.63, 3.8) is 0 Å². The summed E-state index contributed by atoms with van der Waals surface area (Å²) in [5, 5.41) is 0. The van der Waals surface area contributed by atoms with Crippen LogP contribution < -0.4 is 24.8 Å². The van der Waals surface area contributed by atoms with Gasteiger partial charge in [-0.15, -0.1) is 47.1 Å². The molecule has 0 saturated carbocycles. The van der Waals surface area contributed by atoms with Crippen LogP contribution in [0.25, 0.3) is 0 Å². The van der Waals surface area contributed by atoms with Gasteiger partial charge in [0.25, 0.3) is 0 Å². The summed E-state index contributed by atoms with van der Waals surface area (Å²) in [5.41, 5.74) is 5.27. The van der Waals surface area contributed by atoms with Gasteiger partial charge in [-0.25, -0.2) is 0 Å². The monoisotopic (exact) mass is 429 g/mol. The minimum absolute atomic E-state index is 0. The van der Waals surface area contributed by atoms with Gasteiger partial charge in [-0.05, 0) is 12.8 Å². The van der Waals surface area contributed by atoms with E-state index in [1.54, 1.807) is 0 Å². The van der Waals surface area contributed by atoms with Crippen molar-refractivity contribution < 1.29 is 50.7 Å². The second-order valence-electron chi connectivity index (χ2n) is 3.89. The molecule has 0 fully saturated rings. The zero-order valence-electron chi connectivity index (χ0n) is 9.37. The van der Waals surface area contributed by atoms with E-state index >= 15 is 0 Å². The zero-order valence-corrected chi connectivity index (χ0v) is 14.5. The second kappa shape index (κ2) is 6.72. The first-order chi connectivity index (χ1) is 6.84. The average Bonchev–Trinajstić information content (AvgIpc) is 2.54. The van der Waals surface area contributed by atoms with E-state index in [0.29, 0.717) is 5.92 Å². The number of rotatable bonds is 0. The van der Waals surface area contributed by atoms with Crippen molar-refractivity contribution in [1.82, 2.24) is 0 Å². The van der Waals surface area contributed by atoms with E-state index in [1.807, 2.05) is 0 Å². The summed E-state index contributed by atoms with van der Waals surface area (Å²) < 4.78 is 0. The summed E-state index contributed by atoms with van der Waals surface area (Å²) in [4.78, 5) is 0. The van der Waals surface area contributed by atoms with Crippen LogP contribution in [0, 0.1) is 13.0 Å². The van der Waals surface area contributed by atoms with Crippen LogP contribution >= 0.6 is 0 Å². The number of allylic oxidation sites excluding steroid dienone is 5. The van der Waals surface area contributed by atoms with Crippen molar-refractivity contribution in [3.05, 3.63) is 70.8 Å². The Morgan fingerprint density at radius 3 is 2.65 bits per heavy atom. The van der Waals surface area contributed by atoms with Crippen LogP contribution in [0.15, 0.2) is 48.1 Å². The van der Waals surface area contributed by atoms with Gasteiger partial charge in [0.05, 0.1) is 0 Å². The molecule has 1 aromatic carbocycles. The summed E-state index contributed by atoms with van der Waals surface area (Å²) >= 11 is 0. The number of hydrogen-bond acceptors (Lipinski definition) is 0. The Bertz CT molecular complexity index is 487. The smallest absolute Gasteiger partial charge is 0 e. The van der Waals surface area contributed by atoms with Crippen molar-refractivity contribution in [2.75, 3.05) is 0 Å². The van der Waals surface area contributed by atoms with Crippen LogP contribution in [-0.4, -0.2) is 0 Å². The molecule has 88 valence electrons. The zero-order chi connectivity index (χ0) is 9.54. The Labute approximate surface area is 133 Å². The molecule has 0 radical (unpaired) electrons. The van der Waals surface area contributed by atoms with Crippen molar-refractivity contribution >= 4 is 0 Å². The van der Waals surface area contributed by atoms with Crippen LogP contribution in [0.1, 0.15) is 22.6 Å². The number of halogens is 2. The van der Waals surface area contributed by atoms with Crippen LogP contribution in [0.3, 0.4) is 0 Å². The van der Waals surface area contributed by atoms with E-state index in [4.69, 9.17) is 0 Å². The van der Waals surface area contributed by atoms with Gasteiger partial charge < -0.3 is 24.8 Å². The third kappa shape index (κ3) is 3.01. The molecule has 1 aromatic rings. The van der Waals surface area contributed by atoms with E-state index in [-0.39, 0.29) is 50.7 Å². The van der Waals surface area contributed by atoms with Gasteiger partial charge in [-0.3, -0.25) is 0 Å². The molecule has 0 N–H and O–H groups in total. The Kier molecular flexibility index (Phi) is 6.68. The first-order valence-electron chi connectivity index (χ1n) is 4.94. The minimum Gasteiger partial charge on any atom is -1.00 e. The molecule has 1 unspecified atom stereocenters. The van der Waals surface area contributed by atoms with Gasteiger partial charge in [-0.2, -0.15) is 0 Å². The molecule has 2 aliphatic rings. The van der Waals surface area contributed by atoms with Crippen LogP contribution in [-0.2, 0) is 25.8 Å². The standard InChI is InChI=1S/C14H11.2ClH.Hf/c1-10-6-7-14-12(8-10)9-11-4-2-3-5-13(11)14;;;/h2-8,13H,1H3;2*1H;/q-1;;;/p-2. The molecule has 0 bridgehead atoms. The van der Waals surface area contributed by atoms with E-state index in [0.717, 1.165) is 0 Å². The number of hydrogen-bond donors (Lipinski definition) is 0. The SMILES string of the molecule is Cc1ccc2c(c1)[C-]=C1C=CC=CC12.[Cl-].[Cl-].[Hf]. The maximum atomic E-state index is 3.46. The molecule has 0 amide bonds. The third-order valence-electron chi connectivity index (χ3n) is 2.85. The fraction of sp³-hybridized carbons (Fsp3) is 0.143. The largest absolute Gasteiger partial charge is 1.00 e. The summed E-state index contributed by atoms with van der Waals surface area (Å²) in [6.45, 7) is 2.13. The fourth-order valence-electron chi connectivity index (χ4n) is 2.14. The molecular weight excluding hydrogens is 418 g/mol. The van der Waals surface area contributed by atoms with Crippen LogP contribution in [0.4, 0.5) is 0 Å². The first kappa shape index (κ1) is 16.9. The topological polar surface area (TPSA) is 0 Å². The molecule has 0 aromatic heterocycles. The van der Waals surface area contributed by atoms with Gasteiger partial charge in [0.15, 0.2) is 0 Å². The number of benzene rings is 1. The molecule has 0 nitrogen and oxygen atoms in total. The Morgan fingerprint density at radius 2 is 1.88 bits per heavy atom. The summed E-state index contributed by atoms with van der Waals surface area (Å²) in [5.74, 6) is 0.454. The van der Waals surface area contributed by atoms with Crippen molar-refractivity contribution in [3.8, 4) is 0 Å². The quantitative estimate of drug-likeness (QED) is 0.312. The van der Waals surface area contributed by atoms with Gasteiger partial charge >= 0.3 is 0 Å². The third-order valence-corrected chi connectivity index (χ3v) is 2.85. The van der Waals surface area contributed by atoms with Crippen molar-refractivity contribution in [2.24, 2.45) is 0 Å². The van der Waals surface area contributed by atoms with Crippen molar-refractivity contribution in [2.45, 2.75) is 12.8 Å². The molecule has 2 aliphatic carbocycles. The molecule has 0 aliphatic heterocycles. The molecule has 17 heavy (non-hydrogen) atoms. The van der Waals surface area contributed by atoms with E-state index in [9.17, 15) is 0 Å². The molecule has 0 heterocycles. The maximum Gasteiger partial charge on any atom is 0 e. The normalized spacial score (nSPS) is 17.9. The maximum absolute atomic E-state index is 3.46. The average molecular weight is 429 g/mol. The molecule has 3 rings (SSSR count). The number of fused-ring (bicyclic) bond motifs is 3. The second-order valence-corrected chi connectivity index (χ2v) is 3.89. The Morgan fingerprint density at radius 1 is 1.12 bits per heavy atom. The summed E-state index contributed by atoms with van der Waals surface area (Å²) in [6, 6.07) is 6.61. The van der Waals surface area contributed by atoms with E-state index in [1.165, 1.54) is 22.3 Å². The Balaban J connectivity index is 0.000000853. The first-order valence-corrected chi connectivity index (χ1v) is 4.94. The van der Waals surface area contributed by atoms with Gasteiger partial charge in [0, 0.05) is 25.8 Å².